The summed E-state index contributed by atoms with van der Waals surface area (Å²) < 4.78 is 15.9. The molecule has 1 heterocycles. The molecular weight excluding hydrogens is 626 g/mol. The van der Waals surface area contributed by atoms with Gasteiger partial charge in [0.15, 0.2) is 6.61 Å². The maximum absolute atomic E-state index is 12.7. The number of ether oxygens (including phenoxy) is 3. The Morgan fingerprint density at radius 1 is 0.833 bits per heavy atom. The minimum Gasteiger partial charge on any atom is -0.467 e. The molecule has 0 radical (unpaired) electrons. The Hall–Kier alpha value is -6.24. The second-order valence-corrected chi connectivity index (χ2v) is 10.1. The van der Waals surface area contributed by atoms with Crippen molar-refractivity contribution in [1.29, 1.82) is 0 Å². The van der Waals surface area contributed by atoms with Gasteiger partial charge in [-0.3, -0.25) is 19.2 Å². The fourth-order valence-corrected chi connectivity index (χ4v) is 4.13. The van der Waals surface area contributed by atoms with E-state index in [-0.39, 0.29) is 38.3 Å². The number of rotatable bonds is 17. The monoisotopic (exact) mass is 661 g/mol. The Labute approximate surface area is 275 Å². The molecule has 3 rings (SSSR count). The first-order valence-electron chi connectivity index (χ1n) is 14.6. The molecule has 2 aromatic carbocycles. The molecule has 0 saturated carbocycles. The first-order chi connectivity index (χ1) is 23.2. The van der Waals surface area contributed by atoms with Crippen molar-refractivity contribution in [3.8, 4) is 12.3 Å². The smallest absolute Gasteiger partial charge is 0.408 e. The zero-order chi connectivity index (χ0) is 34.7. The van der Waals surface area contributed by atoms with E-state index in [1.807, 2.05) is 30.3 Å². The third-order valence-corrected chi connectivity index (χ3v) is 6.41. The van der Waals surface area contributed by atoms with Crippen molar-refractivity contribution in [3.63, 3.8) is 0 Å². The van der Waals surface area contributed by atoms with E-state index in [0.717, 1.165) is 11.1 Å². The van der Waals surface area contributed by atoms with Crippen LogP contribution >= 0.6 is 0 Å². The summed E-state index contributed by atoms with van der Waals surface area (Å²) in [6, 6.07) is 16.0. The molecule has 0 aliphatic rings. The maximum atomic E-state index is 12.7. The average Bonchev–Trinajstić information content (AvgIpc) is 3.54. The summed E-state index contributed by atoms with van der Waals surface area (Å²) >= 11 is 0. The molecule has 0 aliphatic carbocycles. The summed E-state index contributed by atoms with van der Waals surface area (Å²) in [5.74, 6) is -1.13. The zero-order valence-corrected chi connectivity index (χ0v) is 26.0. The highest BCUT2D eigenvalue weighted by Crippen LogP contribution is 2.06. The van der Waals surface area contributed by atoms with Gasteiger partial charge in [0.2, 0.25) is 17.7 Å². The van der Waals surface area contributed by atoms with Crippen molar-refractivity contribution >= 4 is 35.8 Å². The minimum absolute atomic E-state index is 0.114. The van der Waals surface area contributed by atoms with E-state index in [2.05, 4.69) is 37.5 Å². The lowest BCUT2D eigenvalue weighted by Gasteiger charge is -2.18. The van der Waals surface area contributed by atoms with E-state index in [9.17, 15) is 28.8 Å². The van der Waals surface area contributed by atoms with E-state index in [1.54, 1.807) is 30.3 Å². The number of benzene rings is 2. The van der Waals surface area contributed by atoms with Crippen LogP contribution in [0.4, 0.5) is 4.79 Å². The maximum Gasteiger partial charge on any atom is 0.408 e. The number of nitrogens with zero attached hydrogens (tertiary/aromatic N) is 3. The van der Waals surface area contributed by atoms with Gasteiger partial charge in [0, 0.05) is 12.8 Å². The molecule has 0 fully saturated rings. The fraction of sp³-hybridized carbons (Fsp3) is 0.312. The van der Waals surface area contributed by atoms with Crippen molar-refractivity contribution in [3.05, 3.63) is 83.7 Å². The number of alkyl carbamates (subject to hydrolysis) is 1. The topological polar surface area (TPSA) is 209 Å². The molecule has 0 aliphatic heterocycles. The van der Waals surface area contributed by atoms with Gasteiger partial charge in [-0.1, -0.05) is 71.8 Å². The van der Waals surface area contributed by atoms with Gasteiger partial charge in [0.05, 0.1) is 19.9 Å². The molecule has 0 spiro atoms. The van der Waals surface area contributed by atoms with Crippen LogP contribution in [0.1, 0.15) is 16.8 Å². The molecule has 0 bridgehead atoms. The second-order valence-electron chi connectivity index (χ2n) is 10.1. The van der Waals surface area contributed by atoms with Gasteiger partial charge in [-0.15, -0.1) is 11.5 Å². The van der Waals surface area contributed by atoms with Crippen LogP contribution in [0.25, 0.3) is 0 Å². The average molecular weight is 662 g/mol. The molecule has 3 aromatic rings. The van der Waals surface area contributed by atoms with E-state index in [1.165, 1.54) is 18.0 Å². The lowest BCUT2D eigenvalue weighted by Crippen LogP contribution is -2.50. The molecule has 16 nitrogen and oxygen atoms in total. The molecule has 16 heteroatoms. The number of aromatic nitrogens is 3. The Morgan fingerprint density at radius 3 is 2.10 bits per heavy atom. The molecule has 2 atom stereocenters. The number of amides is 4. The Morgan fingerprint density at radius 2 is 1.48 bits per heavy atom. The van der Waals surface area contributed by atoms with E-state index in [4.69, 9.17) is 20.6 Å². The van der Waals surface area contributed by atoms with Crippen LogP contribution in [0.2, 0.25) is 0 Å². The number of carbonyl (C=O) groups is 6. The first kappa shape index (κ1) is 36.2. The predicted octanol–water partition coefficient (Wildman–Crippen LogP) is -0.575. The summed E-state index contributed by atoms with van der Waals surface area (Å²) in [5, 5.41) is 17.4. The van der Waals surface area contributed by atoms with Gasteiger partial charge in [-0.25, -0.2) is 14.3 Å². The van der Waals surface area contributed by atoms with Crippen molar-refractivity contribution in [2.24, 2.45) is 0 Å². The fourth-order valence-electron chi connectivity index (χ4n) is 4.13. The van der Waals surface area contributed by atoms with Crippen LogP contribution in [-0.4, -0.2) is 89.6 Å². The summed E-state index contributed by atoms with van der Waals surface area (Å²) in [7, 11) is 1.23. The van der Waals surface area contributed by atoms with Crippen LogP contribution in [0, 0.1) is 12.3 Å². The van der Waals surface area contributed by atoms with E-state index >= 15 is 0 Å². The number of hydrogen-bond acceptors (Lipinski definition) is 11. The van der Waals surface area contributed by atoms with Crippen molar-refractivity contribution in [2.45, 2.75) is 38.1 Å². The number of methoxy groups -OCH3 is 1. The number of esters is 2. The third-order valence-electron chi connectivity index (χ3n) is 6.41. The van der Waals surface area contributed by atoms with Crippen LogP contribution in [0.3, 0.4) is 0 Å². The largest absolute Gasteiger partial charge is 0.467 e. The van der Waals surface area contributed by atoms with Gasteiger partial charge in [0.25, 0.3) is 0 Å². The van der Waals surface area contributed by atoms with Crippen LogP contribution in [-0.2, 0) is 64.2 Å². The molecule has 1 aromatic heterocycles. The number of hydrogen-bond donors (Lipinski definition) is 4. The quantitative estimate of drug-likeness (QED) is 0.0818. The van der Waals surface area contributed by atoms with Crippen molar-refractivity contribution in [2.75, 3.05) is 26.8 Å². The van der Waals surface area contributed by atoms with Crippen molar-refractivity contribution in [1.82, 2.24) is 36.3 Å². The Bertz CT molecular complexity index is 1590. The van der Waals surface area contributed by atoms with E-state index < -0.39 is 60.9 Å². The van der Waals surface area contributed by atoms with Gasteiger partial charge < -0.3 is 35.5 Å². The van der Waals surface area contributed by atoms with Gasteiger partial charge >= 0.3 is 18.0 Å². The molecule has 4 amide bonds. The van der Waals surface area contributed by atoms with Gasteiger partial charge in [0.1, 0.15) is 37.5 Å². The molecule has 4 N–H and O–H groups in total. The predicted molar refractivity (Wildman–Crippen MR) is 167 cm³/mol. The van der Waals surface area contributed by atoms with Crippen molar-refractivity contribution < 1.29 is 43.0 Å². The van der Waals surface area contributed by atoms with Gasteiger partial charge in [-0.2, -0.15) is 0 Å². The molecule has 48 heavy (non-hydrogen) atoms. The molecule has 0 saturated heterocycles. The molecular formula is C32H35N7O9. The summed E-state index contributed by atoms with van der Waals surface area (Å²) in [5.41, 5.74) is 1.80. The number of nitrogens with one attached hydrogen (secondary N) is 4. The Kier molecular flexibility index (Phi) is 14.6. The highest BCUT2D eigenvalue weighted by atomic mass is 16.5. The molecule has 0 unspecified atom stereocenters. The highest BCUT2D eigenvalue weighted by Gasteiger charge is 2.24. The standard InChI is InChI=1S/C32H35N7O9/c1-3-14-47-32(45)36-25(15-22-10-6-4-7-11-22)30(43)34-17-27(40)33-18-29(42)48-21-24-19-39(38-37-24)20-28(41)35-26(31(44)46-2)16-23-12-8-5-9-13-23/h1,4-13,19,25-26H,14-18,20-21H2,2H3,(H,33,40)(H,34,43)(H,35,41)(H,36,45)/t25-,26-/m0/s1. The third kappa shape index (κ3) is 13.0. The summed E-state index contributed by atoms with van der Waals surface area (Å²) in [4.78, 5) is 73.9. The summed E-state index contributed by atoms with van der Waals surface area (Å²) in [6.07, 6.45) is 5.92. The van der Waals surface area contributed by atoms with Gasteiger partial charge in [-0.05, 0) is 11.1 Å². The number of carbonyl (C=O) groups excluding carboxylic acids is 6. The van der Waals surface area contributed by atoms with Crippen LogP contribution < -0.4 is 21.3 Å². The SMILES string of the molecule is C#CCOC(=O)N[C@@H](Cc1ccccc1)C(=O)NCC(=O)NCC(=O)OCc1cn(CC(=O)N[C@@H](Cc2ccccc2)C(=O)OC)nn1. The zero-order valence-electron chi connectivity index (χ0n) is 26.0. The normalized spacial score (nSPS) is 11.5. The Balaban J connectivity index is 1.40. The lowest BCUT2D eigenvalue weighted by atomic mass is 10.1. The lowest BCUT2D eigenvalue weighted by molar-refractivity contribution is -0.145. The second kappa shape index (κ2) is 19.3. The first-order valence-corrected chi connectivity index (χ1v) is 14.6. The summed E-state index contributed by atoms with van der Waals surface area (Å²) in [6.45, 7) is -1.84. The van der Waals surface area contributed by atoms with E-state index in [0.29, 0.717) is 0 Å². The van der Waals surface area contributed by atoms with Crippen LogP contribution in [0.15, 0.2) is 66.9 Å². The van der Waals surface area contributed by atoms with Crippen LogP contribution in [0.5, 0.6) is 0 Å². The minimum atomic E-state index is -1.07. The molecule has 252 valence electrons. The number of terminal acetylenes is 1. The highest BCUT2D eigenvalue weighted by molar-refractivity contribution is 5.90.